The molecule has 1 N–H and O–H groups in total. The Morgan fingerprint density at radius 3 is 2.82 bits per heavy atom. The molecular weight excluding hydrogens is 296 g/mol. The van der Waals surface area contributed by atoms with Gasteiger partial charge in [-0.15, -0.1) is 0 Å². The number of pyridine rings is 1. The van der Waals surface area contributed by atoms with Crippen LogP contribution in [0.15, 0.2) is 47.2 Å². The molecule has 2 aromatic rings. The molecule has 0 spiro atoms. The molecular formula is C16H20N4OS. The number of likely N-dealkylation sites (N-methyl/N-ethyl adjacent to an activating group) is 1. The molecule has 1 saturated heterocycles. The van der Waals surface area contributed by atoms with Crippen LogP contribution < -0.4 is 5.32 Å². The van der Waals surface area contributed by atoms with E-state index in [-0.39, 0.29) is 12.1 Å². The maximum Gasteiger partial charge on any atom is 0.170 e. The fraction of sp³-hybridized carbons (Fsp3) is 0.375. The van der Waals surface area contributed by atoms with Crippen molar-refractivity contribution in [3.05, 3.63) is 54.2 Å². The molecule has 2 atom stereocenters. The first-order valence-corrected chi connectivity index (χ1v) is 7.74. The molecule has 1 aliphatic rings. The lowest BCUT2D eigenvalue weighted by molar-refractivity contribution is 0.248. The van der Waals surface area contributed by atoms with E-state index in [0.29, 0.717) is 0 Å². The third-order valence-electron chi connectivity index (χ3n) is 3.82. The van der Waals surface area contributed by atoms with Crippen LogP contribution in [0.1, 0.15) is 23.5 Å². The molecule has 1 fully saturated rings. The molecule has 2 aromatic heterocycles. The SMILES string of the molecule is CN(C)CCN1C(=S)N[C@@H](c2ccccn2)[C@@H]1c1ccco1. The molecule has 116 valence electrons. The molecule has 5 nitrogen and oxygen atoms in total. The largest absolute Gasteiger partial charge is 0.467 e. The van der Waals surface area contributed by atoms with E-state index in [0.717, 1.165) is 29.7 Å². The van der Waals surface area contributed by atoms with Gasteiger partial charge in [-0.3, -0.25) is 4.98 Å². The average Bonchev–Trinajstić information content (AvgIpc) is 3.13. The van der Waals surface area contributed by atoms with Crippen molar-refractivity contribution in [2.75, 3.05) is 27.2 Å². The molecule has 6 heteroatoms. The molecule has 0 bridgehead atoms. The second-order valence-corrected chi connectivity index (χ2v) is 6.03. The number of furan rings is 1. The van der Waals surface area contributed by atoms with Crippen LogP contribution in [-0.2, 0) is 0 Å². The van der Waals surface area contributed by atoms with Crippen LogP contribution in [0, 0.1) is 0 Å². The topological polar surface area (TPSA) is 44.5 Å². The number of hydrogen-bond acceptors (Lipinski definition) is 4. The monoisotopic (exact) mass is 316 g/mol. The number of rotatable bonds is 5. The first kappa shape index (κ1) is 15.0. The van der Waals surface area contributed by atoms with Crippen molar-refractivity contribution in [1.29, 1.82) is 0 Å². The van der Waals surface area contributed by atoms with Gasteiger partial charge in [0.05, 0.1) is 18.0 Å². The highest BCUT2D eigenvalue weighted by Crippen LogP contribution is 2.38. The molecule has 0 amide bonds. The molecule has 0 saturated carbocycles. The Bertz CT molecular complexity index is 614. The van der Waals surface area contributed by atoms with Gasteiger partial charge in [-0.2, -0.15) is 0 Å². The first-order valence-electron chi connectivity index (χ1n) is 7.33. The third kappa shape index (κ3) is 2.98. The summed E-state index contributed by atoms with van der Waals surface area (Å²) in [5.41, 5.74) is 0.971. The van der Waals surface area contributed by atoms with Crippen LogP contribution in [0.2, 0.25) is 0 Å². The van der Waals surface area contributed by atoms with Gasteiger partial charge in [0.1, 0.15) is 11.8 Å². The summed E-state index contributed by atoms with van der Waals surface area (Å²) >= 11 is 5.55. The Morgan fingerprint density at radius 1 is 1.32 bits per heavy atom. The van der Waals surface area contributed by atoms with E-state index in [2.05, 4.69) is 34.2 Å². The summed E-state index contributed by atoms with van der Waals surface area (Å²) in [6.45, 7) is 1.77. The van der Waals surface area contributed by atoms with E-state index in [4.69, 9.17) is 16.6 Å². The van der Waals surface area contributed by atoms with Gasteiger partial charge in [-0.05, 0) is 50.6 Å². The zero-order valence-corrected chi connectivity index (χ0v) is 13.6. The maximum atomic E-state index is 5.67. The minimum atomic E-state index is 0.00186. The van der Waals surface area contributed by atoms with Crippen LogP contribution in [-0.4, -0.2) is 47.1 Å². The molecule has 0 aromatic carbocycles. The summed E-state index contributed by atoms with van der Waals surface area (Å²) in [5, 5.41) is 4.15. The van der Waals surface area contributed by atoms with Crippen molar-refractivity contribution in [2.45, 2.75) is 12.1 Å². The van der Waals surface area contributed by atoms with Crippen molar-refractivity contribution >= 4 is 17.3 Å². The lowest BCUT2D eigenvalue weighted by Crippen LogP contribution is -2.35. The highest BCUT2D eigenvalue weighted by molar-refractivity contribution is 7.80. The van der Waals surface area contributed by atoms with Gasteiger partial charge in [-0.25, -0.2) is 0 Å². The fourth-order valence-corrected chi connectivity index (χ4v) is 3.05. The Kier molecular flexibility index (Phi) is 4.40. The molecule has 0 unspecified atom stereocenters. The molecule has 1 aliphatic heterocycles. The smallest absolute Gasteiger partial charge is 0.170 e. The van der Waals surface area contributed by atoms with Crippen LogP contribution in [0.3, 0.4) is 0 Å². The zero-order valence-electron chi connectivity index (χ0n) is 12.8. The zero-order chi connectivity index (χ0) is 15.5. The van der Waals surface area contributed by atoms with Gasteiger partial charge in [0.15, 0.2) is 5.11 Å². The molecule has 0 aliphatic carbocycles. The summed E-state index contributed by atoms with van der Waals surface area (Å²) in [6, 6.07) is 9.87. The minimum absolute atomic E-state index is 0.00186. The van der Waals surface area contributed by atoms with Crippen LogP contribution in [0.4, 0.5) is 0 Å². The van der Waals surface area contributed by atoms with E-state index in [9.17, 15) is 0 Å². The highest BCUT2D eigenvalue weighted by atomic mass is 32.1. The molecule has 3 heterocycles. The Hall–Kier alpha value is -1.92. The Balaban J connectivity index is 1.92. The van der Waals surface area contributed by atoms with Crippen molar-refractivity contribution in [3.8, 4) is 0 Å². The Morgan fingerprint density at radius 2 is 2.18 bits per heavy atom. The van der Waals surface area contributed by atoms with E-state index in [1.165, 1.54) is 0 Å². The lowest BCUT2D eigenvalue weighted by Gasteiger charge is -2.27. The summed E-state index contributed by atoms with van der Waals surface area (Å²) in [4.78, 5) is 8.82. The van der Waals surface area contributed by atoms with Crippen LogP contribution in [0.25, 0.3) is 0 Å². The third-order valence-corrected chi connectivity index (χ3v) is 4.17. The number of thiocarbonyl (C=S) groups is 1. The van der Waals surface area contributed by atoms with Crippen molar-refractivity contribution in [2.24, 2.45) is 0 Å². The van der Waals surface area contributed by atoms with E-state index >= 15 is 0 Å². The quantitative estimate of drug-likeness (QED) is 0.853. The average molecular weight is 316 g/mol. The van der Waals surface area contributed by atoms with Gasteiger partial charge >= 0.3 is 0 Å². The Labute approximate surface area is 135 Å². The van der Waals surface area contributed by atoms with E-state index in [1.807, 2.05) is 36.5 Å². The second-order valence-electron chi connectivity index (χ2n) is 5.64. The van der Waals surface area contributed by atoms with E-state index < -0.39 is 0 Å². The second kappa shape index (κ2) is 6.46. The predicted octanol–water partition coefficient (Wildman–Crippen LogP) is 2.21. The van der Waals surface area contributed by atoms with Crippen LogP contribution >= 0.6 is 12.2 Å². The summed E-state index contributed by atoms with van der Waals surface area (Å²) in [6.07, 6.45) is 3.51. The van der Waals surface area contributed by atoms with Gasteiger partial charge in [0, 0.05) is 19.3 Å². The van der Waals surface area contributed by atoms with Crippen molar-refractivity contribution < 1.29 is 4.42 Å². The van der Waals surface area contributed by atoms with E-state index in [1.54, 1.807) is 6.26 Å². The summed E-state index contributed by atoms with van der Waals surface area (Å²) < 4.78 is 5.67. The van der Waals surface area contributed by atoms with Crippen LogP contribution in [0.5, 0.6) is 0 Å². The van der Waals surface area contributed by atoms with Gasteiger partial charge in [0.2, 0.25) is 0 Å². The fourth-order valence-electron chi connectivity index (χ4n) is 2.72. The lowest BCUT2D eigenvalue weighted by atomic mass is 10.0. The normalized spacial score (nSPS) is 21.4. The molecule has 0 radical (unpaired) electrons. The standard InChI is InChI=1S/C16H20N4OS/c1-19(2)9-10-20-15(13-7-5-11-21-13)14(18-16(20)22)12-6-3-4-8-17-12/h3-8,11,14-15H,9-10H2,1-2H3,(H,18,22)/t14-,15-/m0/s1. The van der Waals surface area contributed by atoms with Gasteiger partial charge in [-0.1, -0.05) is 6.07 Å². The number of nitrogens with one attached hydrogen (secondary N) is 1. The van der Waals surface area contributed by atoms with Crippen molar-refractivity contribution in [3.63, 3.8) is 0 Å². The maximum absolute atomic E-state index is 5.67. The number of hydrogen-bond donors (Lipinski definition) is 1. The van der Waals surface area contributed by atoms with Crippen molar-refractivity contribution in [1.82, 2.24) is 20.1 Å². The number of nitrogens with zero attached hydrogens (tertiary/aromatic N) is 3. The first-order chi connectivity index (χ1) is 10.7. The highest BCUT2D eigenvalue weighted by Gasteiger charge is 2.41. The summed E-state index contributed by atoms with van der Waals surface area (Å²) in [5.74, 6) is 0.904. The summed E-state index contributed by atoms with van der Waals surface area (Å²) in [7, 11) is 4.12. The molecule has 3 rings (SSSR count). The predicted molar refractivity (Wildman–Crippen MR) is 89.4 cm³/mol. The molecule has 22 heavy (non-hydrogen) atoms. The van der Waals surface area contributed by atoms with Gasteiger partial charge in [0.25, 0.3) is 0 Å². The number of aromatic nitrogens is 1. The van der Waals surface area contributed by atoms with Gasteiger partial charge < -0.3 is 19.5 Å². The minimum Gasteiger partial charge on any atom is -0.467 e.